The second-order valence-corrected chi connectivity index (χ2v) is 4.29. The summed E-state index contributed by atoms with van der Waals surface area (Å²) in [5.41, 5.74) is 3.60. The van der Waals surface area contributed by atoms with Gasteiger partial charge < -0.3 is 0 Å². The summed E-state index contributed by atoms with van der Waals surface area (Å²) >= 11 is 0. The second kappa shape index (κ2) is 7.49. The number of nitro benzene ring substituents is 1. The van der Waals surface area contributed by atoms with Gasteiger partial charge in [0.05, 0.1) is 4.92 Å². The third kappa shape index (κ3) is 4.38. The van der Waals surface area contributed by atoms with Crippen LogP contribution in [-0.4, -0.2) is 17.0 Å². The molecular formula is C16H13N3O3. The number of hydrogen-bond acceptors (Lipinski definition) is 4. The standard InChI is InChI=1S/C16H13N3O3/c20-16(14-8-10-15(11-9-14)19(21)22)18-17-12-4-7-13-5-2-1-3-6-13/h1-12H,(H,18,20)/b7-4?,17-12+. The fourth-order valence-corrected chi connectivity index (χ4v) is 1.66. The molecule has 0 aliphatic carbocycles. The van der Waals surface area contributed by atoms with E-state index >= 15 is 0 Å². The lowest BCUT2D eigenvalue weighted by Crippen LogP contribution is -2.17. The van der Waals surface area contributed by atoms with E-state index in [-0.39, 0.29) is 5.69 Å². The second-order valence-electron chi connectivity index (χ2n) is 4.29. The van der Waals surface area contributed by atoms with Crippen molar-refractivity contribution in [3.05, 3.63) is 81.9 Å². The van der Waals surface area contributed by atoms with Gasteiger partial charge in [-0.15, -0.1) is 0 Å². The zero-order chi connectivity index (χ0) is 15.8. The molecular weight excluding hydrogens is 282 g/mol. The van der Waals surface area contributed by atoms with Gasteiger partial charge in [-0.05, 0) is 23.8 Å². The quantitative estimate of drug-likeness (QED) is 0.522. The highest BCUT2D eigenvalue weighted by Gasteiger charge is 2.08. The van der Waals surface area contributed by atoms with Crippen LogP contribution < -0.4 is 5.43 Å². The third-order valence-corrected chi connectivity index (χ3v) is 2.76. The number of hydrogen-bond donors (Lipinski definition) is 1. The first-order chi connectivity index (χ1) is 10.7. The maximum Gasteiger partial charge on any atom is 0.271 e. The van der Waals surface area contributed by atoms with Crippen molar-refractivity contribution in [2.75, 3.05) is 0 Å². The van der Waals surface area contributed by atoms with Crippen LogP contribution in [0.25, 0.3) is 6.08 Å². The van der Waals surface area contributed by atoms with Gasteiger partial charge in [-0.3, -0.25) is 14.9 Å². The minimum atomic E-state index is -0.520. The fourth-order valence-electron chi connectivity index (χ4n) is 1.66. The molecule has 1 amide bonds. The van der Waals surface area contributed by atoms with Crippen molar-refractivity contribution >= 4 is 23.9 Å². The lowest BCUT2D eigenvalue weighted by molar-refractivity contribution is -0.384. The van der Waals surface area contributed by atoms with Crippen molar-refractivity contribution in [2.45, 2.75) is 0 Å². The molecule has 0 saturated heterocycles. The number of non-ortho nitro benzene ring substituents is 1. The average molecular weight is 295 g/mol. The fraction of sp³-hybridized carbons (Fsp3) is 0. The molecule has 2 aromatic carbocycles. The lowest BCUT2D eigenvalue weighted by Gasteiger charge is -1.98. The molecule has 2 rings (SSSR count). The van der Waals surface area contributed by atoms with Crippen molar-refractivity contribution < 1.29 is 9.72 Å². The molecule has 22 heavy (non-hydrogen) atoms. The topological polar surface area (TPSA) is 84.6 Å². The summed E-state index contributed by atoms with van der Waals surface area (Å²) in [7, 11) is 0. The molecule has 0 fully saturated rings. The Morgan fingerprint density at radius 1 is 1.09 bits per heavy atom. The molecule has 0 radical (unpaired) electrons. The molecule has 6 nitrogen and oxygen atoms in total. The molecule has 0 aliphatic heterocycles. The first kappa shape index (κ1) is 15.1. The number of carbonyl (C=O) groups is 1. The molecule has 0 aromatic heterocycles. The van der Waals surface area contributed by atoms with E-state index in [9.17, 15) is 14.9 Å². The van der Waals surface area contributed by atoms with Gasteiger partial charge in [0.2, 0.25) is 0 Å². The summed E-state index contributed by atoms with van der Waals surface area (Å²) in [6, 6.07) is 15.0. The Bertz CT molecular complexity index is 707. The number of nitrogens with one attached hydrogen (secondary N) is 1. The van der Waals surface area contributed by atoms with E-state index in [1.807, 2.05) is 36.4 Å². The number of hydrazone groups is 1. The number of rotatable bonds is 5. The molecule has 0 saturated carbocycles. The molecule has 0 heterocycles. The summed E-state index contributed by atoms with van der Waals surface area (Å²) in [5.74, 6) is -0.431. The lowest BCUT2D eigenvalue weighted by atomic mass is 10.2. The van der Waals surface area contributed by atoms with Gasteiger partial charge >= 0.3 is 0 Å². The van der Waals surface area contributed by atoms with Crippen molar-refractivity contribution in [3.8, 4) is 0 Å². The first-order valence-electron chi connectivity index (χ1n) is 6.46. The molecule has 0 aliphatic rings. The summed E-state index contributed by atoms with van der Waals surface area (Å²) in [5, 5.41) is 14.3. The predicted octanol–water partition coefficient (Wildman–Crippen LogP) is 3.02. The summed E-state index contributed by atoms with van der Waals surface area (Å²) < 4.78 is 0. The summed E-state index contributed by atoms with van der Waals surface area (Å²) in [6.45, 7) is 0. The molecule has 0 spiro atoms. The van der Waals surface area contributed by atoms with Gasteiger partial charge in [0, 0.05) is 23.9 Å². The molecule has 1 N–H and O–H groups in total. The number of allylic oxidation sites excluding steroid dienone is 1. The SMILES string of the molecule is O=C(N/N=C/C=Cc1ccccc1)c1ccc([N+](=O)[O-])cc1. The van der Waals surface area contributed by atoms with Crippen LogP contribution in [0.15, 0.2) is 65.8 Å². The number of amides is 1. The molecule has 6 heteroatoms. The van der Waals surface area contributed by atoms with Gasteiger partial charge in [0.25, 0.3) is 11.6 Å². The van der Waals surface area contributed by atoms with E-state index in [1.54, 1.807) is 6.08 Å². The zero-order valence-electron chi connectivity index (χ0n) is 11.5. The van der Waals surface area contributed by atoms with Crippen LogP contribution in [-0.2, 0) is 0 Å². The summed E-state index contributed by atoms with van der Waals surface area (Å²) in [6.07, 6.45) is 5.00. The van der Waals surface area contributed by atoms with Crippen LogP contribution in [0.3, 0.4) is 0 Å². The Morgan fingerprint density at radius 2 is 1.77 bits per heavy atom. The minimum Gasteiger partial charge on any atom is -0.267 e. The van der Waals surface area contributed by atoms with Crippen LogP contribution in [0.1, 0.15) is 15.9 Å². The molecule has 2 aromatic rings. The maximum atomic E-state index is 11.7. The number of nitrogens with zero attached hydrogens (tertiary/aromatic N) is 2. The highest BCUT2D eigenvalue weighted by Crippen LogP contribution is 2.11. The number of benzene rings is 2. The van der Waals surface area contributed by atoms with Crippen LogP contribution >= 0.6 is 0 Å². The van der Waals surface area contributed by atoms with Crippen LogP contribution in [0.4, 0.5) is 5.69 Å². The summed E-state index contributed by atoms with van der Waals surface area (Å²) in [4.78, 5) is 21.7. The number of carbonyl (C=O) groups excluding carboxylic acids is 1. The van der Waals surface area contributed by atoms with Crippen molar-refractivity contribution in [1.29, 1.82) is 0 Å². The Labute approximate surface area is 126 Å². The van der Waals surface area contributed by atoms with Gasteiger partial charge in [0.15, 0.2) is 0 Å². The van der Waals surface area contributed by atoms with Gasteiger partial charge in [-0.2, -0.15) is 5.10 Å². The van der Waals surface area contributed by atoms with Crippen molar-refractivity contribution in [1.82, 2.24) is 5.43 Å². The predicted molar refractivity (Wildman–Crippen MR) is 84.5 cm³/mol. The molecule has 0 atom stereocenters. The van der Waals surface area contributed by atoms with Gasteiger partial charge in [-0.25, -0.2) is 5.43 Å². The monoisotopic (exact) mass is 295 g/mol. The highest BCUT2D eigenvalue weighted by molar-refractivity contribution is 5.94. The highest BCUT2D eigenvalue weighted by atomic mass is 16.6. The maximum absolute atomic E-state index is 11.7. The van der Waals surface area contributed by atoms with Gasteiger partial charge in [-0.1, -0.05) is 36.4 Å². The molecule has 0 bridgehead atoms. The zero-order valence-corrected chi connectivity index (χ0v) is 11.5. The van der Waals surface area contributed by atoms with E-state index in [2.05, 4.69) is 10.5 Å². The Hall–Kier alpha value is -3.28. The number of nitro groups is 1. The molecule has 0 unspecified atom stereocenters. The largest absolute Gasteiger partial charge is 0.271 e. The van der Waals surface area contributed by atoms with Crippen LogP contribution in [0.5, 0.6) is 0 Å². The molecule has 110 valence electrons. The Balaban J connectivity index is 1.88. The van der Waals surface area contributed by atoms with E-state index in [4.69, 9.17) is 0 Å². The normalized spacial score (nSPS) is 10.9. The van der Waals surface area contributed by atoms with Crippen molar-refractivity contribution in [3.63, 3.8) is 0 Å². The first-order valence-corrected chi connectivity index (χ1v) is 6.46. The van der Waals surface area contributed by atoms with Crippen LogP contribution in [0.2, 0.25) is 0 Å². The Kier molecular flexibility index (Phi) is 5.15. The Morgan fingerprint density at radius 3 is 2.41 bits per heavy atom. The van der Waals surface area contributed by atoms with E-state index in [1.165, 1.54) is 30.5 Å². The smallest absolute Gasteiger partial charge is 0.267 e. The van der Waals surface area contributed by atoms with Crippen molar-refractivity contribution in [2.24, 2.45) is 5.10 Å². The average Bonchev–Trinajstić information content (AvgIpc) is 2.55. The minimum absolute atomic E-state index is 0.0640. The van der Waals surface area contributed by atoms with E-state index in [0.29, 0.717) is 5.56 Å². The van der Waals surface area contributed by atoms with Crippen LogP contribution in [0, 0.1) is 10.1 Å². The van der Waals surface area contributed by atoms with Gasteiger partial charge in [0.1, 0.15) is 0 Å². The van der Waals surface area contributed by atoms with E-state index in [0.717, 1.165) is 5.56 Å². The third-order valence-electron chi connectivity index (χ3n) is 2.76. The van der Waals surface area contributed by atoms with E-state index < -0.39 is 10.8 Å².